The lowest BCUT2D eigenvalue weighted by Crippen LogP contribution is -2.42. The second-order valence-corrected chi connectivity index (χ2v) is 7.12. The van der Waals surface area contributed by atoms with Gasteiger partial charge in [0.15, 0.2) is 0 Å². The van der Waals surface area contributed by atoms with E-state index in [0.29, 0.717) is 18.7 Å². The van der Waals surface area contributed by atoms with Gasteiger partial charge < -0.3 is 15.1 Å². The van der Waals surface area contributed by atoms with Crippen molar-refractivity contribution in [2.75, 3.05) is 13.1 Å². The Morgan fingerprint density at radius 3 is 2.38 bits per heavy atom. The minimum Gasteiger partial charge on any atom is -0.508 e. The van der Waals surface area contributed by atoms with E-state index in [4.69, 9.17) is 0 Å². The van der Waals surface area contributed by atoms with Crippen molar-refractivity contribution in [2.24, 2.45) is 5.92 Å². The van der Waals surface area contributed by atoms with Crippen molar-refractivity contribution in [1.82, 2.24) is 4.90 Å². The molecule has 2 aromatic rings. The number of likely N-dealkylation sites (tertiary alicyclic amines) is 1. The SMILES string of the molecule is O=C(Cc1ccccc1O)N1CCC([C@@H](O)CCc2ccccc2)CC1. The third-order valence-corrected chi connectivity index (χ3v) is 5.34. The largest absolute Gasteiger partial charge is 0.508 e. The second kappa shape index (κ2) is 8.86. The van der Waals surface area contributed by atoms with Crippen LogP contribution in [0.2, 0.25) is 0 Å². The molecule has 0 spiro atoms. The Morgan fingerprint density at radius 1 is 1.04 bits per heavy atom. The van der Waals surface area contributed by atoms with E-state index in [0.717, 1.165) is 25.7 Å². The summed E-state index contributed by atoms with van der Waals surface area (Å²) in [6, 6.07) is 17.2. The summed E-state index contributed by atoms with van der Waals surface area (Å²) < 4.78 is 0. The molecule has 0 saturated carbocycles. The standard InChI is InChI=1S/C22H27NO3/c24-20-9-5-4-8-19(20)16-22(26)23-14-12-18(13-15-23)21(25)11-10-17-6-2-1-3-7-17/h1-9,18,21,24-25H,10-16H2/t21-/m0/s1. The monoisotopic (exact) mass is 353 g/mol. The van der Waals surface area contributed by atoms with E-state index in [1.807, 2.05) is 29.2 Å². The average Bonchev–Trinajstić information content (AvgIpc) is 2.69. The molecule has 0 radical (unpaired) electrons. The molecule has 138 valence electrons. The Bertz CT molecular complexity index is 708. The average molecular weight is 353 g/mol. The first-order chi connectivity index (χ1) is 12.6. The Kier molecular flexibility index (Phi) is 6.29. The van der Waals surface area contributed by atoms with Crippen molar-refractivity contribution >= 4 is 5.91 Å². The van der Waals surface area contributed by atoms with Crippen LogP contribution in [0.5, 0.6) is 5.75 Å². The second-order valence-electron chi connectivity index (χ2n) is 7.12. The number of aliphatic hydroxyl groups is 1. The normalized spacial score (nSPS) is 16.4. The van der Waals surface area contributed by atoms with Crippen molar-refractivity contribution in [3.8, 4) is 5.75 Å². The minimum absolute atomic E-state index is 0.0451. The zero-order valence-electron chi connectivity index (χ0n) is 15.1. The van der Waals surface area contributed by atoms with E-state index in [-0.39, 0.29) is 30.1 Å². The molecule has 3 rings (SSSR count). The van der Waals surface area contributed by atoms with Gasteiger partial charge in [-0.1, -0.05) is 48.5 Å². The Balaban J connectivity index is 1.44. The zero-order valence-corrected chi connectivity index (χ0v) is 15.1. The quantitative estimate of drug-likeness (QED) is 0.839. The molecule has 2 aromatic carbocycles. The molecule has 1 amide bonds. The summed E-state index contributed by atoms with van der Waals surface area (Å²) in [7, 11) is 0. The predicted molar refractivity (Wildman–Crippen MR) is 102 cm³/mol. The summed E-state index contributed by atoms with van der Waals surface area (Å²) in [6.07, 6.45) is 3.24. The molecule has 0 unspecified atom stereocenters. The number of para-hydroxylation sites is 1. The first-order valence-corrected chi connectivity index (χ1v) is 9.40. The van der Waals surface area contributed by atoms with Crippen molar-refractivity contribution in [1.29, 1.82) is 0 Å². The van der Waals surface area contributed by atoms with E-state index in [9.17, 15) is 15.0 Å². The summed E-state index contributed by atoms with van der Waals surface area (Å²) in [5, 5.41) is 20.3. The number of hydrogen-bond donors (Lipinski definition) is 2. The summed E-state index contributed by atoms with van der Waals surface area (Å²) in [5.41, 5.74) is 1.92. The van der Waals surface area contributed by atoms with Crippen LogP contribution in [0.4, 0.5) is 0 Å². The van der Waals surface area contributed by atoms with Crippen LogP contribution in [-0.4, -0.2) is 40.2 Å². The van der Waals surface area contributed by atoms with Gasteiger partial charge in [0.2, 0.25) is 5.91 Å². The van der Waals surface area contributed by atoms with Crippen molar-refractivity contribution in [3.05, 3.63) is 65.7 Å². The highest BCUT2D eigenvalue weighted by atomic mass is 16.3. The van der Waals surface area contributed by atoms with Gasteiger partial charge in [-0.2, -0.15) is 0 Å². The van der Waals surface area contributed by atoms with Gasteiger partial charge >= 0.3 is 0 Å². The predicted octanol–water partition coefficient (Wildman–Crippen LogP) is 3.17. The van der Waals surface area contributed by atoms with Crippen LogP contribution in [0.25, 0.3) is 0 Å². The molecule has 0 aliphatic carbocycles. The van der Waals surface area contributed by atoms with E-state index in [1.54, 1.807) is 18.2 Å². The fourth-order valence-electron chi connectivity index (χ4n) is 3.66. The molecule has 2 N–H and O–H groups in total. The number of phenolic OH excluding ortho intramolecular Hbond substituents is 1. The van der Waals surface area contributed by atoms with Crippen molar-refractivity contribution in [3.63, 3.8) is 0 Å². The first-order valence-electron chi connectivity index (χ1n) is 9.40. The Hall–Kier alpha value is -2.33. The lowest BCUT2D eigenvalue weighted by molar-refractivity contribution is -0.132. The van der Waals surface area contributed by atoms with E-state index in [2.05, 4.69) is 12.1 Å². The van der Waals surface area contributed by atoms with E-state index < -0.39 is 0 Å². The highest BCUT2D eigenvalue weighted by Gasteiger charge is 2.27. The number of aryl methyl sites for hydroxylation is 1. The number of aliphatic hydroxyl groups excluding tert-OH is 1. The summed E-state index contributed by atoms with van der Waals surface area (Å²) in [5.74, 6) is 0.476. The lowest BCUT2D eigenvalue weighted by atomic mass is 9.88. The maximum Gasteiger partial charge on any atom is 0.227 e. The molecule has 1 aliphatic heterocycles. The molecule has 1 saturated heterocycles. The number of carbonyl (C=O) groups excluding carboxylic acids is 1. The fraction of sp³-hybridized carbons (Fsp3) is 0.409. The number of phenols is 1. The zero-order chi connectivity index (χ0) is 18.4. The number of aromatic hydroxyl groups is 1. The molecule has 26 heavy (non-hydrogen) atoms. The van der Waals surface area contributed by atoms with Gasteiger partial charge in [0, 0.05) is 18.7 Å². The molecular weight excluding hydrogens is 326 g/mol. The molecule has 1 aliphatic rings. The van der Waals surface area contributed by atoms with E-state index >= 15 is 0 Å². The number of amides is 1. The van der Waals surface area contributed by atoms with Crippen LogP contribution in [0.3, 0.4) is 0 Å². The van der Waals surface area contributed by atoms with Crippen molar-refractivity contribution < 1.29 is 15.0 Å². The van der Waals surface area contributed by atoms with E-state index in [1.165, 1.54) is 5.56 Å². The highest BCUT2D eigenvalue weighted by molar-refractivity contribution is 5.79. The molecule has 1 fully saturated rings. The van der Waals surface area contributed by atoms with Gasteiger partial charge in [-0.05, 0) is 43.2 Å². The highest BCUT2D eigenvalue weighted by Crippen LogP contribution is 2.25. The van der Waals surface area contributed by atoms with Crippen LogP contribution in [-0.2, 0) is 17.6 Å². The Labute approximate surface area is 155 Å². The van der Waals surface area contributed by atoms with Gasteiger partial charge in [0.25, 0.3) is 0 Å². The third kappa shape index (κ3) is 4.85. The summed E-state index contributed by atoms with van der Waals surface area (Å²) >= 11 is 0. The number of hydrogen-bond acceptors (Lipinski definition) is 3. The number of nitrogens with zero attached hydrogens (tertiary/aromatic N) is 1. The number of carbonyl (C=O) groups is 1. The Morgan fingerprint density at radius 2 is 1.69 bits per heavy atom. The van der Waals surface area contributed by atoms with Crippen LogP contribution >= 0.6 is 0 Å². The summed E-state index contributed by atoms with van der Waals surface area (Å²) in [4.78, 5) is 14.3. The van der Waals surface area contributed by atoms with Crippen LogP contribution in [0, 0.1) is 5.92 Å². The molecule has 4 heteroatoms. The maximum atomic E-state index is 12.5. The van der Waals surface area contributed by atoms with Gasteiger partial charge in [-0.3, -0.25) is 4.79 Å². The number of benzene rings is 2. The fourth-order valence-corrected chi connectivity index (χ4v) is 3.66. The van der Waals surface area contributed by atoms with Crippen LogP contribution in [0.15, 0.2) is 54.6 Å². The molecular formula is C22H27NO3. The van der Waals surface area contributed by atoms with Crippen LogP contribution < -0.4 is 0 Å². The van der Waals surface area contributed by atoms with Crippen LogP contribution in [0.1, 0.15) is 30.4 Å². The lowest BCUT2D eigenvalue weighted by Gasteiger charge is -2.34. The van der Waals surface area contributed by atoms with Gasteiger partial charge in [0.05, 0.1) is 12.5 Å². The number of piperidine rings is 1. The maximum absolute atomic E-state index is 12.5. The first kappa shape index (κ1) is 18.5. The smallest absolute Gasteiger partial charge is 0.227 e. The van der Waals surface area contributed by atoms with Crippen molar-refractivity contribution in [2.45, 2.75) is 38.2 Å². The van der Waals surface area contributed by atoms with Gasteiger partial charge in [0.1, 0.15) is 5.75 Å². The molecule has 0 aromatic heterocycles. The molecule has 1 heterocycles. The number of rotatable bonds is 6. The topological polar surface area (TPSA) is 60.8 Å². The molecule has 1 atom stereocenters. The summed E-state index contributed by atoms with van der Waals surface area (Å²) in [6.45, 7) is 1.36. The minimum atomic E-state index is -0.314. The third-order valence-electron chi connectivity index (χ3n) is 5.34. The molecule has 4 nitrogen and oxygen atoms in total. The molecule has 0 bridgehead atoms. The van der Waals surface area contributed by atoms with Gasteiger partial charge in [-0.25, -0.2) is 0 Å². The van der Waals surface area contributed by atoms with Gasteiger partial charge in [-0.15, -0.1) is 0 Å².